The fourth-order valence-corrected chi connectivity index (χ4v) is 2.77. The van der Waals surface area contributed by atoms with Crippen molar-refractivity contribution in [1.29, 1.82) is 0 Å². The number of rotatable bonds is 5. The molecule has 3 nitrogen and oxygen atoms in total. The molecule has 1 aromatic carbocycles. The third-order valence-electron chi connectivity index (χ3n) is 3.55. The molecule has 0 aliphatic heterocycles. The summed E-state index contributed by atoms with van der Waals surface area (Å²) in [5, 5.41) is 0.884. The number of ketones is 1. The number of nitrogens with two attached hydrogens (primary N) is 1. The molecule has 1 atom stereocenters. The first-order valence-electron chi connectivity index (χ1n) is 6.17. The van der Waals surface area contributed by atoms with Gasteiger partial charge in [-0.25, -0.2) is 4.98 Å². The third kappa shape index (κ3) is 2.44. The SMILES string of the molecule is CCC(C)(CN)C(=O)Cc1nc2ccccc2s1. The number of Topliss-reactive ketones (excluding diaryl/α,β-unsaturated/α-hetero) is 1. The predicted octanol–water partition coefficient (Wildman–Crippen LogP) is 2.78. The lowest BCUT2D eigenvalue weighted by Gasteiger charge is -2.23. The van der Waals surface area contributed by atoms with E-state index in [0.717, 1.165) is 21.6 Å². The minimum Gasteiger partial charge on any atom is -0.329 e. The molecule has 18 heavy (non-hydrogen) atoms. The molecule has 0 fully saturated rings. The first-order chi connectivity index (χ1) is 8.59. The first kappa shape index (κ1) is 13.2. The van der Waals surface area contributed by atoms with Crippen molar-refractivity contribution in [2.75, 3.05) is 6.54 Å². The summed E-state index contributed by atoms with van der Waals surface area (Å²) < 4.78 is 1.13. The van der Waals surface area contributed by atoms with Crippen LogP contribution in [0.1, 0.15) is 25.3 Å². The van der Waals surface area contributed by atoms with Gasteiger partial charge in [0.25, 0.3) is 0 Å². The Morgan fingerprint density at radius 1 is 1.44 bits per heavy atom. The van der Waals surface area contributed by atoms with Crippen LogP contribution in [0.2, 0.25) is 0 Å². The van der Waals surface area contributed by atoms with E-state index < -0.39 is 5.41 Å². The number of thiazole rings is 1. The molecule has 0 aliphatic carbocycles. The monoisotopic (exact) mass is 262 g/mol. The van der Waals surface area contributed by atoms with E-state index in [9.17, 15) is 4.79 Å². The van der Waals surface area contributed by atoms with Crippen LogP contribution in [0.5, 0.6) is 0 Å². The van der Waals surface area contributed by atoms with Crippen molar-refractivity contribution in [2.24, 2.45) is 11.1 Å². The Balaban J connectivity index is 2.21. The molecule has 4 heteroatoms. The zero-order valence-electron chi connectivity index (χ0n) is 10.8. The van der Waals surface area contributed by atoms with Gasteiger partial charge in [0.05, 0.1) is 16.6 Å². The molecule has 96 valence electrons. The lowest BCUT2D eigenvalue weighted by atomic mass is 9.82. The summed E-state index contributed by atoms with van der Waals surface area (Å²) in [7, 11) is 0. The van der Waals surface area contributed by atoms with E-state index in [2.05, 4.69) is 4.98 Å². The number of benzene rings is 1. The van der Waals surface area contributed by atoms with E-state index in [1.54, 1.807) is 11.3 Å². The maximum Gasteiger partial charge on any atom is 0.146 e. The van der Waals surface area contributed by atoms with E-state index >= 15 is 0 Å². The van der Waals surface area contributed by atoms with Crippen molar-refractivity contribution in [1.82, 2.24) is 4.98 Å². The van der Waals surface area contributed by atoms with E-state index in [0.29, 0.717) is 13.0 Å². The molecule has 2 rings (SSSR count). The number of hydrogen-bond donors (Lipinski definition) is 1. The van der Waals surface area contributed by atoms with Crippen molar-refractivity contribution in [3.05, 3.63) is 29.3 Å². The topological polar surface area (TPSA) is 56.0 Å². The summed E-state index contributed by atoms with van der Waals surface area (Å²) >= 11 is 1.59. The van der Waals surface area contributed by atoms with Crippen molar-refractivity contribution in [2.45, 2.75) is 26.7 Å². The van der Waals surface area contributed by atoms with Gasteiger partial charge in [0.2, 0.25) is 0 Å². The Morgan fingerprint density at radius 2 is 2.17 bits per heavy atom. The molecule has 1 unspecified atom stereocenters. The molecule has 2 aromatic rings. The minimum atomic E-state index is -0.419. The molecule has 0 bridgehead atoms. The Hall–Kier alpha value is -1.26. The van der Waals surface area contributed by atoms with Gasteiger partial charge in [-0.15, -0.1) is 11.3 Å². The van der Waals surface area contributed by atoms with Crippen LogP contribution in [0, 0.1) is 5.41 Å². The molecule has 0 saturated carbocycles. The standard InChI is InChI=1S/C14H18N2OS/c1-3-14(2,9-15)12(17)8-13-16-10-6-4-5-7-11(10)18-13/h4-7H,3,8-9,15H2,1-2H3. The summed E-state index contributed by atoms with van der Waals surface area (Å²) in [6, 6.07) is 7.95. The van der Waals surface area contributed by atoms with Crippen molar-refractivity contribution in [3.63, 3.8) is 0 Å². The maximum absolute atomic E-state index is 12.3. The number of carbonyl (C=O) groups excluding carboxylic acids is 1. The quantitative estimate of drug-likeness (QED) is 0.901. The van der Waals surface area contributed by atoms with Crippen LogP contribution in [0.4, 0.5) is 0 Å². The van der Waals surface area contributed by atoms with E-state index in [1.165, 1.54) is 0 Å². The lowest BCUT2D eigenvalue weighted by molar-refractivity contribution is -0.126. The third-order valence-corrected chi connectivity index (χ3v) is 4.59. The Labute approximate surface area is 111 Å². The second kappa shape index (κ2) is 5.16. The van der Waals surface area contributed by atoms with Gasteiger partial charge in [-0.3, -0.25) is 4.79 Å². The van der Waals surface area contributed by atoms with Crippen LogP contribution in [0.3, 0.4) is 0 Å². The van der Waals surface area contributed by atoms with Crippen LogP contribution in [0.15, 0.2) is 24.3 Å². The molecule has 0 aliphatic rings. The Kier molecular flexibility index (Phi) is 3.78. The molecule has 1 aromatic heterocycles. The van der Waals surface area contributed by atoms with Crippen LogP contribution in [-0.2, 0) is 11.2 Å². The molecular weight excluding hydrogens is 244 g/mol. The van der Waals surface area contributed by atoms with Gasteiger partial charge in [0.15, 0.2) is 0 Å². The highest BCUT2D eigenvalue weighted by molar-refractivity contribution is 7.18. The number of carbonyl (C=O) groups is 1. The normalized spacial score (nSPS) is 14.6. The average molecular weight is 262 g/mol. The van der Waals surface area contributed by atoms with Gasteiger partial charge in [0, 0.05) is 12.0 Å². The van der Waals surface area contributed by atoms with Crippen LogP contribution >= 0.6 is 11.3 Å². The zero-order chi connectivity index (χ0) is 13.2. The fraction of sp³-hybridized carbons (Fsp3) is 0.429. The van der Waals surface area contributed by atoms with Crippen molar-refractivity contribution >= 4 is 27.3 Å². The number of fused-ring (bicyclic) bond motifs is 1. The van der Waals surface area contributed by atoms with Crippen LogP contribution in [-0.4, -0.2) is 17.3 Å². The van der Waals surface area contributed by atoms with E-state index in [-0.39, 0.29) is 5.78 Å². The molecule has 2 N–H and O–H groups in total. The Morgan fingerprint density at radius 3 is 2.78 bits per heavy atom. The molecule has 0 saturated heterocycles. The fourth-order valence-electron chi connectivity index (χ4n) is 1.80. The highest BCUT2D eigenvalue weighted by atomic mass is 32.1. The molecule has 0 amide bonds. The van der Waals surface area contributed by atoms with Gasteiger partial charge in [-0.2, -0.15) is 0 Å². The highest BCUT2D eigenvalue weighted by Crippen LogP contribution is 2.26. The minimum absolute atomic E-state index is 0.187. The summed E-state index contributed by atoms with van der Waals surface area (Å²) in [4.78, 5) is 16.8. The molecule has 1 heterocycles. The largest absolute Gasteiger partial charge is 0.329 e. The number of aromatic nitrogens is 1. The summed E-state index contributed by atoms with van der Waals surface area (Å²) in [6.07, 6.45) is 1.16. The number of para-hydroxylation sites is 1. The van der Waals surface area contributed by atoms with Crippen molar-refractivity contribution < 1.29 is 4.79 Å². The smallest absolute Gasteiger partial charge is 0.146 e. The van der Waals surface area contributed by atoms with Gasteiger partial charge in [0.1, 0.15) is 10.8 Å². The molecule has 0 radical (unpaired) electrons. The van der Waals surface area contributed by atoms with Gasteiger partial charge >= 0.3 is 0 Å². The predicted molar refractivity (Wildman–Crippen MR) is 75.8 cm³/mol. The van der Waals surface area contributed by atoms with Crippen molar-refractivity contribution in [3.8, 4) is 0 Å². The summed E-state index contributed by atoms with van der Waals surface area (Å²) in [6.45, 7) is 4.33. The van der Waals surface area contributed by atoms with E-state index in [4.69, 9.17) is 5.73 Å². The molecule has 0 spiro atoms. The zero-order valence-corrected chi connectivity index (χ0v) is 11.6. The van der Waals surface area contributed by atoms with Gasteiger partial charge in [-0.1, -0.05) is 26.0 Å². The summed E-state index contributed by atoms with van der Waals surface area (Å²) in [5.74, 6) is 0.187. The molecular formula is C14H18N2OS. The second-order valence-corrected chi connectivity index (χ2v) is 5.91. The lowest BCUT2D eigenvalue weighted by Crippen LogP contribution is -2.36. The second-order valence-electron chi connectivity index (χ2n) is 4.79. The van der Waals surface area contributed by atoms with E-state index in [1.807, 2.05) is 38.1 Å². The van der Waals surface area contributed by atoms with Crippen LogP contribution in [0.25, 0.3) is 10.2 Å². The maximum atomic E-state index is 12.3. The highest BCUT2D eigenvalue weighted by Gasteiger charge is 2.29. The first-order valence-corrected chi connectivity index (χ1v) is 6.98. The average Bonchev–Trinajstić information content (AvgIpc) is 2.79. The number of hydrogen-bond acceptors (Lipinski definition) is 4. The summed E-state index contributed by atoms with van der Waals surface area (Å²) in [5.41, 5.74) is 6.26. The van der Waals surface area contributed by atoms with Gasteiger partial charge in [-0.05, 0) is 18.6 Å². The van der Waals surface area contributed by atoms with Gasteiger partial charge < -0.3 is 5.73 Å². The number of nitrogens with zero attached hydrogens (tertiary/aromatic N) is 1. The van der Waals surface area contributed by atoms with Crippen LogP contribution < -0.4 is 5.73 Å². The Bertz CT molecular complexity index is 525.